The van der Waals surface area contributed by atoms with Gasteiger partial charge in [-0.05, 0) is 25.1 Å². The highest BCUT2D eigenvalue weighted by Gasteiger charge is 2.16. The van der Waals surface area contributed by atoms with Gasteiger partial charge in [0.1, 0.15) is 24.3 Å². The molecule has 3 rings (SSSR count). The maximum atomic E-state index is 12.6. The van der Waals surface area contributed by atoms with Gasteiger partial charge in [-0.1, -0.05) is 0 Å². The summed E-state index contributed by atoms with van der Waals surface area (Å²) >= 11 is 0. The largest absolute Gasteiger partial charge is 0.370 e. The number of amides is 1. The molecule has 7 heteroatoms. The lowest BCUT2D eigenvalue weighted by atomic mass is 10.2. The van der Waals surface area contributed by atoms with E-state index >= 15 is 0 Å². The third-order valence-electron chi connectivity index (χ3n) is 4.60. The Hall–Kier alpha value is -2.25. The number of fused-ring (bicyclic) bond motifs is 1. The number of carbonyl (C=O) groups is 1. The maximum absolute atomic E-state index is 12.6. The van der Waals surface area contributed by atoms with Crippen molar-refractivity contribution in [2.24, 2.45) is 0 Å². The number of aromatic nitrogens is 2. The first-order valence-electron chi connectivity index (χ1n) is 8.88. The summed E-state index contributed by atoms with van der Waals surface area (Å²) in [5.74, 6) is -0.310. The molecule has 0 unspecified atom stereocenters. The van der Waals surface area contributed by atoms with Crippen molar-refractivity contribution in [1.82, 2.24) is 14.9 Å². The zero-order valence-electron chi connectivity index (χ0n) is 14.6. The number of pyridine rings is 2. The fraction of sp³-hybridized carbons (Fsp3) is 0.500. The predicted molar refractivity (Wildman–Crippen MR) is 95.0 cm³/mol. The van der Waals surface area contributed by atoms with Gasteiger partial charge in [0.05, 0.1) is 19.8 Å². The van der Waals surface area contributed by atoms with Gasteiger partial charge in [-0.3, -0.25) is 14.2 Å². The zero-order valence-corrected chi connectivity index (χ0v) is 14.6. The predicted octanol–water partition coefficient (Wildman–Crippen LogP) is -0.549. The number of nitrogens with zero attached hydrogens (tertiary/aromatic N) is 2. The number of rotatable bonds is 6. The zero-order chi connectivity index (χ0) is 17.6. The molecule has 1 saturated heterocycles. The number of hydrogen-bond donors (Lipinski definition) is 2. The Morgan fingerprint density at radius 3 is 2.96 bits per heavy atom. The first kappa shape index (κ1) is 17.6. The van der Waals surface area contributed by atoms with Crippen LogP contribution in [0.1, 0.15) is 23.7 Å². The van der Waals surface area contributed by atoms with Gasteiger partial charge in [0, 0.05) is 31.1 Å². The van der Waals surface area contributed by atoms with E-state index in [1.807, 2.05) is 13.0 Å². The molecule has 0 aliphatic carbocycles. The first-order valence-corrected chi connectivity index (χ1v) is 8.88. The highest BCUT2D eigenvalue weighted by atomic mass is 16.5. The van der Waals surface area contributed by atoms with Crippen molar-refractivity contribution in [3.63, 3.8) is 0 Å². The number of hydrogen-bond acceptors (Lipinski definition) is 4. The minimum absolute atomic E-state index is 0.182. The molecule has 3 heterocycles. The molecule has 0 radical (unpaired) electrons. The molecule has 2 N–H and O–H groups in total. The van der Waals surface area contributed by atoms with Crippen LogP contribution in [0, 0.1) is 0 Å². The van der Waals surface area contributed by atoms with E-state index in [1.54, 1.807) is 22.9 Å². The number of nitrogens with one attached hydrogen (secondary N) is 2. The van der Waals surface area contributed by atoms with Crippen molar-refractivity contribution >= 4 is 16.9 Å². The van der Waals surface area contributed by atoms with Gasteiger partial charge in [0.15, 0.2) is 0 Å². The van der Waals surface area contributed by atoms with Crippen LogP contribution in [0.4, 0.5) is 0 Å². The molecule has 134 valence electrons. The van der Waals surface area contributed by atoms with Gasteiger partial charge in [0.25, 0.3) is 11.5 Å². The Balaban J connectivity index is 1.65. The lowest BCUT2D eigenvalue weighted by Gasteiger charge is -2.23. The SMILES string of the molecule is CCn1c(=O)c(C(=O)NCCC[NH+]2CCOCC2)cc2cccnc21. The summed E-state index contributed by atoms with van der Waals surface area (Å²) in [7, 11) is 0. The number of morpholine rings is 1. The first-order chi connectivity index (χ1) is 12.2. The molecule has 2 aromatic heterocycles. The monoisotopic (exact) mass is 345 g/mol. The van der Waals surface area contributed by atoms with Crippen molar-refractivity contribution in [3.8, 4) is 0 Å². The normalized spacial score (nSPS) is 15.4. The molecular weight excluding hydrogens is 320 g/mol. The summed E-state index contributed by atoms with van der Waals surface area (Å²) in [6.07, 6.45) is 2.54. The Bertz CT molecular complexity index is 796. The van der Waals surface area contributed by atoms with E-state index in [9.17, 15) is 9.59 Å². The maximum Gasteiger partial charge on any atom is 0.265 e. The van der Waals surface area contributed by atoms with Gasteiger partial charge < -0.3 is 15.0 Å². The molecule has 0 bridgehead atoms. The Morgan fingerprint density at radius 1 is 1.40 bits per heavy atom. The van der Waals surface area contributed by atoms with Gasteiger partial charge >= 0.3 is 0 Å². The fourth-order valence-electron chi connectivity index (χ4n) is 3.21. The topological polar surface area (TPSA) is 77.7 Å². The van der Waals surface area contributed by atoms with Gasteiger partial charge in [-0.2, -0.15) is 0 Å². The van der Waals surface area contributed by atoms with Crippen molar-refractivity contribution < 1.29 is 14.4 Å². The van der Waals surface area contributed by atoms with Crippen LogP contribution >= 0.6 is 0 Å². The molecule has 1 aliphatic rings. The number of aryl methyl sites for hydroxylation is 1. The average molecular weight is 345 g/mol. The minimum atomic E-state index is -0.310. The molecule has 1 amide bonds. The average Bonchev–Trinajstić information content (AvgIpc) is 2.65. The molecule has 1 fully saturated rings. The minimum Gasteiger partial charge on any atom is -0.370 e. The van der Waals surface area contributed by atoms with Crippen LogP contribution in [-0.2, 0) is 11.3 Å². The molecule has 1 aliphatic heterocycles. The van der Waals surface area contributed by atoms with E-state index in [0.29, 0.717) is 18.7 Å². The van der Waals surface area contributed by atoms with Crippen LogP contribution < -0.4 is 15.8 Å². The molecule has 7 nitrogen and oxygen atoms in total. The quantitative estimate of drug-likeness (QED) is 0.689. The summed E-state index contributed by atoms with van der Waals surface area (Å²) < 4.78 is 6.88. The van der Waals surface area contributed by atoms with Crippen LogP contribution in [0.15, 0.2) is 29.2 Å². The summed E-state index contributed by atoms with van der Waals surface area (Å²) in [4.78, 5) is 30.8. The lowest BCUT2D eigenvalue weighted by molar-refractivity contribution is -0.908. The van der Waals surface area contributed by atoms with Crippen molar-refractivity contribution in [3.05, 3.63) is 40.3 Å². The fourth-order valence-corrected chi connectivity index (χ4v) is 3.21. The van der Waals surface area contributed by atoms with Crippen molar-refractivity contribution in [2.45, 2.75) is 19.9 Å². The molecule has 0 saturated carbocycles. The van der Waals surface area contributed by atoms with Crippen LogP contribution in [0.2, 0.25) is 0 Å². The Kier molecular flexibility index (Phi) is 5.78. The second kappa shape index (κ2) is 8.22. The van der Waals surface area contributed by atoms with E-state index in [2.05, 4.69) is 10.3 Å². The standard InChI is InChI=1S/C18H24N4O3/c1-2-22-16-14(5-3-6-19-16)13-15(18(22)24)17(23)20-7-4-8-21-9-11-25-12-10-21/h3,5-6,13H,2,4,7-12H2,1H3,(H,20,23)/p+1. The Morgan fingerprint density at radius 2 is 2.20 bits per heavy atom. The van der Waals surface area contributed by atoms with E-state index in [-0.39, 0.29) is 17.0 Å². The van der Waals surface area contributed by atoms with Gasteiger partial charge in [-0.25, -0.2) is 4.98 Å². The second-order valence-corrected chi connectivity index (χ2v) is 6.25. The smallest absolute Gasteiger partial charge is 0.265 e. The number of quaternary nitrogens is 1. The third kappa shape index (κ3) is 4.05. The van der Waals surface area contributed by atoms with E-state index in [0.717, 1.165) is 44.7 Å². The summed E-state index contributed by atoms with van der Waals surface area (Å²) in [6.45, 7) is 7.59. The molecular formula is C18H25N4O3+. The molecule has 0 spiro atoms. The van der Waals surface area contributed by atoms with Crippen molar-refractivity contribution in [1.29, 1.82) is 0 Å². The van der Waals surface area contributed by atoms with Crippen LogP contribution in [-0.4, -0.2) is 54.9 Å². The second-order valence-electron chi connectivity index (χ2n) is 6.25. The number of ether oxygens (including phenoxy) is 1. The van der Waals surface area contributed by atoms with E-state index < -0.39 is 0 Å². The summed E-state index contributed by atoms with van der Waals surface area (Å²) in [5, 5.41) is 3.68. The van der Waals surface area contributed by atoms with E-state index in [1.165, 1.54) is 4.90 Å². The van der Waals surface area contributed by atoms with Crippen LogP contribution in [0.5, 0.6) is 0 Å². The van der Waals surface area contributed by atoms with Gasteiger partial charge in [-0.15, -0.1) is 0 Å². The molecule has 0 atom stereocenters. The molecule has 25 heavy (non-hydrogen) atoms. The summed E-state index contributed by atoms with van der Waals surface area (Å²) in [5.41, 5.74) is 0.508. The number of carbonyl (C=O) groups excluding carboxylic acids is 1. The summed E-state index contributed by atoms with van der Waals surface area (Å²) in [6, 6.07) is 5.31. The molecule has 2 aromatic rings. The molecule has 0 aromatic carbocycles. The van der Waals surface area contributed by atoms with Crippen LogP contribution in [0.3, 0.4) is 0 Å². The lowest BCUT2D eigenvalue weighted by Crippen LogP contribution is -3.14. The van der Waals surface area contributed by atoms with Gasteiger partial charge in [0.2, 0.25) is 0 Å². The van der Waals surface area contributed by atoms with E-state index in [4.69, 9.17) is 4.74 Å². The van der Waals surface area contributed by atoms with Crippen molar-refractivity contribution in [2.75, 3.05) is 39.4 Å². The highest BCUT2D eigenvalue weighted by Crippen LogP contribution is 2.10. The highest BCUT2D eigenvalue weighted by molar-refractivity contribution is 5.96. The van der Waals surface area contributed by atoms with Crippen LogP contribution in [0.25, 0.3) is 11.0 Å². The Labute approximate surface area is 146 Å². The third-order valence-corrected chi connectivity index (χ3v) is 4.60.